The van der Waals surface area contributed by atoms with E-state index in [9.17, 15) is 4.79 Å². The summed E-state index contributed by atoms with van der Waals surface area (Å²) in [7, 11) is 0. The molecule has 0 saturated heterocycles. The van der Waals surface area contributed by atoms with Gasteiger partial charge < -0.3 is 10.5 Å². The number of nitrogen functional groups attached to an aromatic ring is 1. The van der Waals surface area contributed by atoms with Crippen LogP contribution in [0.5, 0.6) is 5.75 Å². The van der Waals surface area contributed by atoms with Gasteiger partial charge >= 0.3 is 0 Å². The number of nitrogens with two attached hydrogens (primary N) is 1. The average Bonchev–Trinajstić information content (AvgIpc) is 2.47. The molecule has 6 heteroatoms. The maximum atomic E-state index is 12.0. The zero-order valence-corrected chi connectivity index (χ0v) is 12.6. The van der Waals surface area contributed by atoms with Crippen LogP contribution in [0, 0.1) is 0 Å². The summed E-state index contributed by atoms with van der Waals surface area (Å²) in [6, 6.07) is 12.2. The topological polar surface area (TPSA) is 69.6 Å². The molecule has 21 heavy (non-hydrogen) atoms. The Bertz CT molecular complexity index is 844. The fourth-order valence-corrected chi connectivity index (χ4v) is 2.26. The molecule has 106 valence electrons. The van der Waals surface area contributed by atoms with E-state index >= 15 is 0 Å². The second kappa shape index (κ2) is 5.57. The van der Waals surface area contributed by atoms with E-state index in [-0.39, 0.29) is 12.2 Å². The molecule has 1 aromatic carbocycles. The van der Waals surface area contributed by atoms with Gasteiger partial charge in [0.05, 0.1) is 5.69 Å². The Morgan fingerprint density at radius 1 is 1.19 bits per heavy atom. The van der Waals surface area contributed by atoms with Gasteiger partial charge in [0.1, 0.15) is 18.0 Å². The first-order valence-corrected chi connectivity index (χ1v) is 7.07. The molecule has 0 saturated carbocycles. The Labute approximate surface area is 129 Å². The third-order valence-electron chi connectivity index (χ3n) is 2.94. The van der Waals surface area contributed by atoms with Crippen LogP contribution in [0.3, 0.4) is 0 Å². The van der Waals surface area contributed by atoms with Crippen molar-refractivity contribution in [2.75, 3.05) is 5.73 Å². The minimum atomic E-state index is -0.141. The van der Waals surface area contributed by atoms with Crippen molar-refractivity contribution in [1.29, 1.82) is 0 Å². The number of fused-ring (bicyclic) bond motifs is 1. The number of nitrogens with zero attached hydrogens (tertiary/aromatic N) is 2. The molecular weight excluding hydrogens is 334 g/mol. The first-order valence-electron chi connectivity index (χ1n) is 6.28. The number of hydrogen-bond acceptors (Lipinski definition) is 4. The largest absolute Gasteiger partial charge is 0.487 e. The summed E-state index contributed by atoms with van der Waals surface area (Å²) >= 11 is 3.33. The predicted octanol–water partition coefficient (Wildman–Crippen LogP) is 2.62. The van der Waals surface area contributed by atoms with Crippen LogP contribution in [-0.4, -0.2) is 9.38 Å². The van der Waals surface area contributed by atoms with Crippen molar-refractivity contribution in [3.8, 4) is 5.75 Å². The van der Waals surface area contributed by atoms with Crippen molar-refractivity contribution in [1.82, 2.24) is 9.38 Å². The molecule has 2 N–H and O–H groups in total. The maximum Gasteiger partial charge on any atom is 0.258 e. The molecule has 0 radical (unpaired) electrons. The number of halogens is 1. The van der Waals surface area contributed by atoms with E-state index < -0.39 is 0 Å². The van der Waals surface area contributed by atoms with E-state index in [0.29, 0.717) is 22.8 Å². The van der Waals surface area contributed by atoms with Crippen molar-refractivity contribution in [3.05, 3.63) is 69.2 Å². The van der Waals surface area contributed by atoms with Gasteiger partial charge in [0.15, 0.2) is 0 Å². The van der Waals surface area contributed by atoms with Crippen LogP contribution in [0.1, 0.15) is 5.69 Å². The third-order valence-corrected chi connectivity index (χ3v) is 3.41. The Balaban J connectivity index is 1.86. The monoisotopic (exact) mass is 345 g/mol. The number of pyridine rings is 1. The third kappa shape index (κ3) is 3.05. The predicted molar refractivity (Wildman–Crippen MR) is 84.3 cm³/mol. The highest BCUT2D eigenvalue weighted by atomic mass is 79.9. The fraction of sp³-hybridized carbons (Fsp3) is 0.0667. The lowest BCUT2D eigenvalue weighted by Gasteiger charge is -2.07. The SMILES string of the molecule is Nc1ccc(OCc2cc(=O)n3cc(Br)ccc3n2)cc1. The number of ether oxygens (including phenoxy) is 1. The highest BCUT2D eigenvalue weighted by molar-refractivity contribution is 9.10. The van der Waals surface area contributed by atoms with Gasteiger partial charge in [-0.1, -0.05) is 0 Å². The molecule has 2 heterocycles. The van der Waals surface area contributed by atoms with E-state index in [2.05, 4.69) is 20.9 Å². The van der Waals surface area contributed by atoms with E-state index in [1.54, 1.807) is 36.5 Å². The molecule has 0 spiro atoms. The van der Waals surface area contributed by atoms with Gasteiger partial charge in [-0.25, -0.2) is 4.98 Å². The van der Waals surface area contributed by atoms with E-state index in [1.165, 1.54) is 10.5 Å². The first kappa shape index (κ1) is 13.6. The molecule has 0 atom stereocenters. The average molecular weight is 346 g/mol. The molecule has 3 rings (SSSR count). The van der Waals surface area contributed by atoms with Gasteiger partial charge in [0, 0.05) is 22.4 Å². The number of rotatable bonds is 3. The number of benzene rings is 1. The van der Waals surface area contributed by atoms with Gasteiger partial charge in [-0.15, -0.1) is 0 Å². The van der Waals surface area contributed by atoms with Crippen molar-refractivity contribution < 1.29 is 4.74 Å². The summed E-state index contributed by atoms with van der Waals surface area (Å²) in [6.45, 7) is 0.228. The summed E-state index contributed by atoms with van der Waals surface area (Å²) in [4.78, 5) is 16.4. The van der Waals surface area contributed by atoms with Crippen molar-refractivity contribution >= 4 is 27.3 Å². The first-order chi connectivity index (χ1) is 10.1. The van der Waals surface area contributed by atoms with Crippen molar-refractivity contribution in [2.45, 2.75) is 6.61 Å². The second-order valence-electron chi connectivity index (χ2n) is 4.52. The normalized spacial score (nSPS) is 10.7. The summed E-state index contributed by atoms with van der Waals surface area (Å²) in [5.74, 6) is 0.682. The zero-order valence-electron chi connectivity index (χ0n) is 11.0. The standard InChI is InChI=1S/C15H12BrN3O2/c16-10-1-6-14-18-12(7-15(20)19(14)8-10)9-21-13-4-2-11(17)3-5-13/h1-8H,9,17H2. The van der Waals surface area contributed by atoms with E-state index in [0.717, 1.165) is 4.47 Å². The highest BCUT2D eigenvalue weighted by Crippen LogP contribution is 2.15. The van der Waals surface area contributed by atoms with Crippen LogP contribution in [0.4, 0.5) is 5.69 Å². The van der Waals surface area contributed by atoms with Crippen molar-refractivity contribution in [3.63, 3.8) is 0 Å². The molecule has 0 amide bonds. The smallest absolute Gasteiger partial charge is 0.258 e. The van der Waals surface area contributed by atoms with Gasteiger partial charge in [0.2, 0.25) is 0 Å². The molecule has 0 aliphatic carbocycles. The van der Waals surface area contributed by atoms with Gasteiger partial charge in [-0.3, -0.25) is 9.20 Å². The molecule has 5 nitrogen and oxygen atoms in total. The molecule has 0 unspecified atom stereocenters. The van der Waals surface area contributed by atoms with Gasteiger partial charge in [-0.2, -0.15) is 0 Å². The summed E-state index contributed by atoms with van der Waals surface area (Å²) < 4.78 is 7.91. The highest BCUT2D eigenvalue weighted by Gasteiger charge is 2.04. The van der Waals surface area contributed by atoms with Crippen LogP contribution in [0.25, 0.3) is 5.65 Å². The molecule has 3 aromatic rings. The minimum absolute atomic E-state index is 0.141. The van der Waals surface area contributed by atoms with Crippen LogP contribution in [0.2, 0.25) is 0 Å². The Morgan fingerprint density at radius 3 is 2.71 bits per heavy atom. The number of anilines is 1. The van der Waals surface area contributed by atoms with Crippen LogP contribution < -0.4 is 16.0 Å². The Morgan fingerprint density at radius 2 is 1.95 bits per heavy atom. The fourth-order valence-electron chi connectivity index (χ4n) is 1.92. The number of hydrogen-bond donors (Lipinski definition) is 1. The second-order valence-corrected chi connectivity index (χ2v) is 5.43. The van der Waals surface area contributed by atoms with E-state index in [1.807, 2.05) is 6.07 Å². The molecule has 2 aromatic heterocycles. The van der Waals surface area contributed by atoms with Crippen molar-refractivity contribution in [2.24, 2.45) is 0 Å². The lowest BCUT2D eigenvalue weighted by atomic mass is 10.3. The molecule has 0 bridgehead atoms. The lowest BCUT2D eigenvalue weighted by Crippen LogP contribution is -2.16. The summed E-state index contributed by atoms with van der Waals surface area (Å²) in [5, 5.41) is 0. The molecular formula is C15H12BrN3O2. The summed E-state index contributed by atoms with van der Waals surface area (Å²) in [5.41, 5.74) is 7.31. The zero-order chi connectivity index (χ0) is 14.8. The van der Waals surface area contributed by atoms with Crippen LogP contribution >= 0.6 is 15.9 Å². The van der Waals surface area contributed by atoms with Gasteiger partial charge in [-0.05, 0) is 52.3 Å². The van der Waals surface area contributed by atoms with E-state index in [4.69, 9.17) is 10.5 Å². The molecule has 0 fully saturated rings. The Kier molecular flexibility index (Phi) is 3.62. The quantitative estimate of drug-likeness (QED) is 0.740. The summed E-state index contributed by atoms with van der Waals surface area (Å²) in [6.07, 6.45) is 1.69. The molecule has 0 aliphatic rings. The molecule has 0 aliphatic heterocycles. The van der Waals surface area contributed by atoms with Crippen LogP contribution in [-0.2, 0) is 6.61 Å². The number of aromatic nitrogens is 2. The lowest BCUT2D eigenvalue weighted by molar-refractivity contribution is 0.301. The maximum absolute atomic E-state index is 12.0. The van der Waals surface area contributed by atoms with Crippen LogP contribution in [0.15, 0.2) is 57.9 Å². The Hall–Kier alpha value is -2.34. The minimum Gasteiger partial charge on any atom is -0.487 e. The van der Waals surface area contributed by atoms with Gasteiger partial charge in [0.25, 0.3) is 5.56 Å².